The maximum absolute atomic E-state index is 11.0. The Hall–Kier alpha value is -0.950. The van der Waals surface area contributed by atoms with Crippen molar-refractivity contribution in [3.05, 3.63) is 35.9 Å². The molecule has 1 aliphatic heterocycles. The minimum absolute atomic E-state index is 0.0752. The van der Waals surface area contributed by atoms with Crippen LogP contribution < -0.4 is 10.9 Å². The maximum Gasteiger partial charge on any atom is 0.264 e. The summed E-state index contributed by atoms with van der Waals surface area (Å²) in [6.07, 6.45) is 17.5. The van der Waals surface area contributed by atoms with E-state index in [-0.39, 0.29) is 11.3 Å². The molecule has 2 atom stereocenters. The lowest BCUT2D eigenvalue weighted by molar-refractivity contribution is 0.111. The maximum atomic E-state index is 11.0. The first-order chi connectivity index (χ1) is 15.0. The molecule has 0 aromatic heterocycles. The van der Waals surface area contributed by atoms with Crippen LogP contribution in [0.5, 0.6) is 0 Å². The smallest absolute Gasteiger partial charge is 0.264 e. The van der Waals surface area contributed by atoms with Crippen molar-refractivity contribution < 1.29 is 13.0 Å². The van der Waals surface area contributed by atoms with Gasteiger partial charge in [0.15, 0.2) is 0 Å². The van der Waals surface area contributed by atoms with E-state index in [1.165, 1.54) is 69.8 Å². The highest BCUT2D eigenvalue weighted by atomic mass is 32.2. The van der Waals surface area contributed by atoms with E-state index in [2.05, 4.69) is 41.2 Å². The largest absolute Gasteiger partial charge is 0.286 e. The fourth-order valence-electron chi connectivity index (χ4n) is 5.66. The van der Waals surface area contributed by atoms with Crippen molar-refractivity contribution in [1.29, 1.82) is 0 Å². The predicted octanol–water partition coefficient (Wildman–Crippen LogP) is 5.42. The van der Waals surface area contributed by atoms with Gasteiger partial charge in [-0.25, -0.2) is 0 Å². The van der Waals surface area contributed by atoms with Crippen LogP contribution in [0.1, 0.15) is 95.5 Å². The van der Waals surface area contributed by atoms with E-state index < -0.39 is 10.1 Å². The van der Waals surface area contributed by atoms with Crippen LogP contribution in [0.25, 0.3) is 0 Å². The van der Waals surface area contributed by atoms with E-state index in [0.717, 1.165) is 25.7 Å². The lowest BCUT2D eigenvalue weighted by Gasteiger charge is -2.45. The lowest BCUT2D eigenvalue weighted by atomic mass is 9.70. The molecule has 176 valence electrons. The molecular weight excluding hydrogens is 408 g/mol. The summed E-state index contributed by atoms with van der Waals surface area (Å²) in [7, 11) is -3.85. The summed E-state index contributed by atoms with van der Waals surface area (Å²) in [5.41, 5.74) is 9.07. The molecule has 5 nitrogen and oxygen atoms in total. The Morgan fingerprint density at radius 1 is 0.903 bits per heavy atom. The summed E-state index contributed by atoms with van der Waals surface area (Å²) in [6, 6.07) is 11.3. The minimum atomic E-state index is -3.85. The number of benzene rings is 1. The molecule has 2 unspecified atom stereocenters. The zero-order chi connectivity index (χ0) is 22.0. The van der Waals surface area contributed by atoms with Gasteiger partial charge in [0.25, 0.3) is 10.1 Å². The highest BCUT2D eigenvalue weighted by Gasteiger charge is 2.39. The molecule has 1 aromatic carbocycles. The van der Waals surface area contributed by atoms with Gasteiger partial charge in [0, 0.05) is 11.6 Å². The molecule has 1 saturated heterocycles. The minimum Gasteiger partial charge on any atom is -0.286 e. The van der Waals surface area contributed by atoms with Crippen molar-refractivity contribution in [3.8, 4) is 0 Å². The monoisotopic (exact) mass is 450 g/mol. The number of unbranched alkanes of at least 4 members (excludes halogenated alkanes) is 1. The Balaban J connectivity index is 1.68. The van der Waals surface area contributed by atoms with Crippen LogP contribution in [-0.2, 0) is 16.5 Å². The number of nitrogens with one attached hydrogen (secondary N) is 2. The second-order valence-electron chi connectivity index (χ2n) is 9.85. The van der Waals surface area contributed by atoms with Crippen LogP contribution in [0.2, 0.25) is 0 Å². The molecule has 1 aliphatic carbocycles. The van der Waals surface area contributed by atoms with Crippen molar-refractivity contribution >= 4 is 10.1 Å². The van der Waals surface area contributed by atoms with Crippen LogP contribution in [0.4, 0.5) is 0 Å². The molecule has 3 N–H and O–H groups in total. The topological polar surface area (TPSA) is 78.4 Å². The zero-order valence-corrected chi connectivity index (χ0v) is 19.8. The Labute approximate surface area is 189 Å². The van der Waals surface area contributed by atoms with Crippen molar-refractivity contribution in [3.63, 3.8) is 0 Å². The first-order valence-corrected chi connectivity index (χ1v) is 14.1. The fraction of sp³-hybridized carbons (Fsp3) is 0.760. The van der Waals surface area contributed by atoms with Crippen LogP contribution in [0.3, 0.4) is 0 Å². The van der Waals surface area contributed by atoms with Gasteiger partial charge in [-0.15, -0.1) is 0 Å². The van der Waals surface area contributed by atoms with Gasteiger partial charge in [0.05, 0.1) is 5.75 Å². The van der Waals surface area contributed by atoms with Crippen molar-refractivity contribution in [2.24, 2.45) is 5.92 Å². The van der Waals surface area contributed by atoms with Crippen LogP contribution in [0.15, 0.2) is 30.3 Å². The average Bonchev–Trinajstić information content (AvgIpc) is 2.69. The molecule has 31 heavy (non-hydrogen) atoms. The molecule has 1 heterocycles. The lowest BCUT2D eigenvalue weighted by Crippen LogP contribution is -2.61. The Bertz CT molecular complexity index is 732. The van der Waals surface area contributed by atoms with Gasteiger partial charge in [0.2, 0.25) is 0 Å². The first kappa shape index (κ1) is 24.7. The van der Waals surface area contributed by atoms with Gasteiger partial charge in [-0.2, -0.15) is 8.42 Å². The van der Waals surface area contributed by atoms with Crippen LogP contribution in [0, 0.1) is 5.92 Å². The van der Waals surface area contributed by atoms with Gasteiger partial charge in [0.1, 0.15) is 0 Å². The quantitative estimate of drug-likeness (QED) is 0.364. The summed E-state index contributed by atoms with van der Waals surface area (Å²) in [6.45, 7) is 0. The van der Waals surface area contributed by atoms with Gasteiger partial charge in [-0.1, -0.05) is 81.7 Å². The first-order valence-electron chi connectivity index (χ1n) is 12.5. The highest BCUT2D eigenvalue weighted by Crippen LogP contribution is 2.37. The fourth-order valence-corrected chi connectivity index (χ4v) is 6.22. The third-order valence-electron chi connectivity index (χ3n) is 7.40. The molecule has 1 aromatic rings. The van der Waals surface area contributed by atoms with Crippen molar-refractivity contribution in [2.45, 2.75) is 108 Å². The molecule has 3 rings (SSSR count). The molecule has 0 bridgehead atoms. The second-order valence-corrected chi connectivity index (χ2v) is 11.4. The molecule has 2 aliphatic rings. The van der Waals surface area contributed by atoms with Crippen molar-refractivity contribution in [1.82, 2.24) is 10.9 Å². The van der Waals surface area contributed by atoms with Gasteiger partial charge < -0.3 is 0 Å². The molecule has 2 fully saturated rings. The number of hydrazine groups is 1. The van der Waals surface area contributed by atoms with E-state index in [9.17, 15) is 8.42 Å². The number of hydrogen-bond acceptors (Lipinski definition) is 4. The summed E-state index contributed by atoms with van der Waals surface area (Å²) in [4.78, 5) is 0. The number of rotatable bonds is 8. The molecule has 1 saturated carbocycles. The van der Waals surface area contributed by atoms with Crippen LogP contribution >= 0.6 is 0 Å². The molecular formula is C25H42N2O3S. The Morgan fingerprint density at radius 3 is 2.29 bits per heavy atom. The van der Waals surface area contributed by atoms with Crippen LogP contribution in [-0.4, -0.2) is 30.3 Å². The molecule has 0 amide bonds. The van der Waals surface area contributed by atoms with Gasteiger partial charge >= 0.3 is 0 Å². The van der Waals surface area contributed by atoms with Gasteiger partial charge in [-0.05, 0) is 56.4 Å². The van der Waals surface area contributed by atoms with E-state index in [1.807, 2.05) is 0 Å². The average molecular weight is 451 g/mol. The summed E-state index contributed by atoms with van der Waals surface area (Å²) in [5.74, 6) is 0.548. The third kappa shape index (κ3) is 8.49. The van der Waals surface area contributed by atoms with E-state index in [4.69, 9.17) is 4.55 Å². The summed E-state index contributed by atoms with van der Waals surface area (Å²) >= 11 is 0. The molecule has 0 spiro atoms. The number of hydrogen-bond donors (Lipinski definition) is 3. The normalized spacial score (nSPS) is 27.1. The Kier molecular flexibility index (Phi) is 9.82. The third-order valence-corrected chi connectivity index (χ3v) is 8.21. The molecule has 0 radical (unpaired) electrons. The zero-order valence-electron chi connectivity index (χ0n) is 19.0. The van der Waals surface area contributed by atoms with E-state index in [1.54, 1.807) is 0 Å². The summed E-state index contributed by atoms with van der Waals surface area (Å²) in [5, 5.41) is 0. The SMILES string of the molecule is O=S(=O)(O)CCCCC1CCCCC(Cc2ccccc2)(C2CCCCCCC2)NN1. The van der Waals surface area contributed by atoms with Gasteiger partial charge in [-0.3, -0.25) is 15.4 Å². The predicted molar refractivity (Wildman–Crippen MR) is 127 cm³/mol. The van der Waals surface area contributed by atoms with E-state index >= 15 is 0 Å². The highest BCUT2D eigenvalue weighted by molar-refractivity contribution is 7.85. The summed E-state index contributed by atoms with van der Waals surface area (Å²) < 4.78 is 31.0. The second kappa shape index (κ2) is 12.3. The molecule has 6 heteroatoms. The Morgan fingerprint density at radius 2 is 1.58 bits per heavy atom. The van der Waals surface area contributed by atoms with E-state index in [0.29, 0.717) is 18.4 Å². The van der Waals surface area contributed by atoms with Crippen molar-refractivity contribution in [2.75, 3.05) is 5.75 Å². The standard InChI is InChI=1S/C25H42N2O3S/c28-31(29,30)20-12-10-18-24-17-9-11-19-25(27-26-24,21-22-13-5-4-6-14-22)23-15-7-2-1-3-8-16-23/h4-6,13-14,23-24,26-27H,1-3,7-12,15-21H2,(H,28,29,30).